The number of Topliss-reactive ketones (excluding diaryl/α,β-unsaturated/α-hetero) is 2. The van der Waals surface area contributed by atoms with Gasteiger partial charge in [0.25, 0.3) is 0 Å². The van der Waals surface area contributed by atoms with E-state index in [1.54, 1.807) is 0 Å². The van der Waals surface area contributed by atoms with Gasteiger partial charge in [-0.05, 0) is 44.4 Å². The van der Waals surface area contributed by atoms with Gasteiger partial charge in [0.2, 0.25) is 0 Å². The summed E-state index contributed by atoms with van der Waals surface area (Å²) in [5.41, 5.74) is -2.52. The van der Waals surface area contributed by atoms with Crippen molar-refractivity contribution < 1.29 is 23.9 Å². The highest BCUT2D eigenvalue weighted by molar-refractivity contribution is 6.08. The first kappa shape index (κ1) is 17.9. The molecule has 10 atom stereocenters. The van der Waals surface area contributed by atoms with Crippen LogP contribution in [0, 0.1) is 51.2 Å². The van der Waals surface area contributed by atoms with E-state index in [0.29, 0.717) is 25.7 Å². The lowest BCUT2D eigenvalue weighted by atomic mass is 9.39. The SMILES string of the molecule is CC12CC3OC34C(C3CC5(C#N)C(C(=O)CCC54C)C3=O)C1CCC21CCC(=O)O1. The number of nitriles is 1. The number of esters is 1. The highest BCUT2D eigenvalue weighted by Crippen LogP contribution is 2.83. The lowest BCUT2D eigenvalue weighted by Gasteiger charge is -2.60. The van der Waals surface area contributed by atoms with Crippen LogP contribution in [0.25, 0.3) is 0 Å². The lowest BCUT2D eigenvalue weighted by Crippen LogP contribution is -2.66. The maximum atomic E-state index is 13.7. The fraction of sp³-hybridized carbons (Fsp3) is 0.833. The number of carbonyl (C=O) groups is 3. The van der Waals surface area contributed by atoms with Crippen LogP contribution in [0.4, 0.5) is 0 Å². The molecule has 30 heavy (non-hydrogen) atoms. The first-order valence-electron chi connectivity index (χ1n) is 11.6. The molecule has 2 bridgehead atoms. The van der Waals surface area contributed by atoms with E-state index in [9.17, 15) is 19.6 Å². The van der Waals surface area contributed by atoms with Crippen molar-refractivity contribution in [3.63, 3.8) is 0 Å². The summed E-state index contributed by atoms with van der Waals surface area (Å²) in [6, 6.07) is 2.53. The highest BCUT2D eigenvalue weighted by Gasteiger charge is 2.90. The van der Waals surface area contributed by atoms with Gasteiger partial charge in [-0.1, -0.05) is 13.8 Å². The van der Waals surface area contributed by atoms with E-state index in [1.807, 2.05) is 0 Å². The predicted octanol–water partition coefficient (Wildman–Crippen LogP) is 2.73. The monoisotopic (exact) mass is 409 g/mol. The molecule has 0 amide bonds. The Balaban J connectivity index is 1.42. The molecule has 2 aliphatic heterocycles. The first-order chi connectivity index (χ1) is 14.2. The number of fused-ring (bicyclic) bond motifs is 5. The Morgan fingerprint density at radius 1 is 1.07 bits per heavy atom. The van der Waals surface area contributed by atoms with Gasteiger partial charge in [0.15, 0.2) is 0 Å². The zero-order valence-electron chi connectivity index (χ0n) is 17.5. The average molecular weight is 409 g/mol. The molecular weight excluding hydrogens is 382 g/mol. The number of hydrogen-bond donors (Lipinski definition) is 0. The summed E-state index contributed by atoms with van der Waals surface area (Å²) in [4.78, 5) is 38.7. The van der Waals surface area contributed by atoms with Crippen LogP contribution in [0.2, 0.25) is 0 Å². The van der Waals surface area contributed by atoms with Gasteiger partial charge in [-0.2, -0.15) is 5.26 Å². The minimum Gasteiger partial charge on any atom is -0.458 e. The van der Waals surface area contributed by atoms with E-state index in [1.165, 1.54) is 0 Å². The Bertz CT molecular complexity index is 1000. The van der Waals surface area contributed by atoms with Crippen molar-refractivity contribution in [3.05, 3.63) is 0 Å². The second-order valence-electron chi connectivity index (χ2n) is 11.7. The third-order valence-corrected chi connectivity index (χ3v) is 11.4. The Kier molecular flexibility index (Phi) is 2.80. The van der Waals surface area contributed by atoms with Crippen molar-refractivity contribution in [2.75, 3.05) is 0 Å². The van der Waals surface area contributed by atoms with Gasteiger partial charge in [0.1, 0.15) is 22.8 Å². The maximum absolute atomic E-state index is 13.7. The maximum Gasteiger partial charge on any atom is 0.306 e. The molecule has 7 fully saturated rings. The normalized spacial score (nSPS) is 61.9. The molecule has 10 unspecified atom stereocenters. The predicted molar refractivity (Wildman–Crippen MR) is 102 cm³/mol. The molecule has 6 nitrogen and oxygen atoms in total. The van der Waals surface area contributed by atoms with Crippen LogP contribution in [0.1, 0.15) is 65.2 Å². The number of rotatable bonds is 0. The molecule has 7 rings (SSSR count). The van der Waals surface area contributed by atoms with Crippen molar-refractivity contribution in [1.29, 1.82) is 5.26 Å². The molecule has 0 aromatic carbocycles. The van der Waals surface area contributed by atoms with Gasteiger partial charge in [0, 0.05) is 35.5 Å². The molecule has 0 aromatic heterocycles. The third kappa shape index (κ3) is 1.43. The van der Waals surface area contributed by atoms with Crippen molar-refractivity contribution >= 4 is 17.5 Å². The Hall–Kier alpha value is -1.74. The Morgan fingerprint density at radius 2 is 1.87 bits per heavy atom. The molecule has 2 saturated heterocycles. The summed E-state index contributed by atoms with van der Waals surface area (Å²) in [6.45, 7) is 4.39. The number of ketones is 2. The van der Waals surface area contributed by atoms with E-state index >= 15 is 0 Å². The van der Waals surface area contributed by atoms with E-state index in [0.717, 1.165) is 25.7 Å². The van der Waals surface area contributed by atoms with E-state index in [2.05, 4.69) is 19.9 Å². The van der Waals surface area contributed by atoms with Gasteiger partial charge in [-0.15, -0.1) is 0 Å². The number of ether oxygens (including phenoxy) is 2. The van der Waals surface area contributed by atoms with Gasteiger partial charge in [0.05, 0.1) is 23.5 Å². The van der Waals surface area contributed by atoms with Crippen LogP contribution in [0.5, 0.6) is 0 Å². The number of nitrogens with zero attached hydrogens (tertiary/aromatic N) is 1. The molecule has 0 radical (unpaired) electrons. The molecule has 6 heteroatoms. The second kappa shape index (κ2) is 4.70. The van der Waals surface area contributed by atoms with Crippen LogP contribution in [-0.2, 0) is 23.9 Å². The number of carbonyl (C=O) groups excluding carboxylic acids is 3. The van der Waals surface area contributed by atoms with Crippen LogP contribution in [0.3, 0.4) is 0 Å². The molecule has 2 spiro atoms. The lowest BCUT2D eigenvalue weighted by molar-refractivity contribution is -0.174. The largest absolute Gasteiger partial charge is 0.458 e. The van der Waals surface area contributed by atoms with Crippen molar-refractivity contribution in [1.82, 2.24) is 0 Å². The highest BCUT2D eigenvalue weighted by atomic mass is 16.6. The van der Waals surface area contributed by atoms with Gasteiger partial charge >= 0.3 is 5.97 Å². The van der Waals surface area contributed by atoms with E-state index in [-0.39, 0.29) is 46.8 Å². The summed E-state index contributed by atoms with van der Waals surface area (Å²) in [5.74, 6) is -0.966. The molecule has 2 heterocycles. The number of hydrogen-bond acceptors (Lipinski definition) is 6. The summed E-state index contributed by atoms with van der Waals surface area (Å²) in [7, 11) is 0. The Morgan fingerprint density at radius 3 is 2.57 bits per heavy atom. The minimum absolute atomic E-state index is 0.00258. The van der Waals surface area contributed by atoms with E-state index in [4.69, 9.17) is 9.47 Å². The topological polar surface area (TPSA) is 96.8 Å². The third-order valence-electron chi connectivity index (χ3n) is 11.4. The zero-order valence-corrected chi connectivity index (χ0v) is 17.5. The van der Waals surface area contributed by atoms with Crippen LogP contribution in [-0.4, -0.2) is 34.8 Å². The van der Waals surface area contributed by atoms with Gasteiger partial charge in [-0.3, -0.25) is 14.4 Å². The number of epoxide rings is 1. The summed E-state index contributed by atoms with van der Waals surface area (Å²) in [5, 5.41) is 10.4. The molecule has 158 valence electrons. The van der Waals surface area contributed by atoms with Crippen molar-refractivity contribution in [2.24, 2.45) is 39.9 Å². The standard InChI is InChI=1S/C24H27NO5/c1-20-10-15-24(29-15)17(13(20)3-7-23(20)8-5-16(27)30-23)12-9-22(11-25)18(19(12)28)14(26)4-6-21(22,24)2/h12-13,15,17-18H,3-10H2,1-2H3. The molecule has 0 aromatic rings. The van der Waals surface area contributed by atoms with Crippen molar-refractivity contribution in [2.45, 2.75) is 82.5 Å². The molecule has 5 aliphatic carbocycles. The van der Waals surface area contributed by atoms with Crippen molar-refractivity contribution in [3.8, 4) is 6.07 Å². The minimum atomic E-state index is -0.917. The quantitative estimate of drug-likeness (QED) is 0.347. The smallest absolute Gasteiger partial charge is 0.306 e. The summed E-state index contributed by atoms with van der Waals surface area (Å²) in [6.07, 6.45) is 5.30. The zero-order chi connectivity index (χ0) is 20.9. The van der Waals surface area contributed by atoms with Gasteiger partial charge < -0.3 is 9.47 Å². The average Bonchev–Trinajstić information content (AvgIpc) is 3.01. The van der Waals surface area contributed by atoms with Gasteiger partial charge in [-0.25, -0.2) is 0 Å². The fourth-order valence-electron chi connectivity index (χ4n) is 10.1. The summed E-state index contributed by atoms with van der Waals surface area (Å²) < 4.78 is 12.6. The second-order valence-corrected chi connectivity index (χ2v) is 11.7. The Labute approximate surface area is 175 Å². The fourth-order valence-corrected chi connectivity index (χ4v) is 10.1. The van der Waals surface area contributed by atoms with Crippen LogP contribution >= 0.6 is 0 Å². The molecule has 5 saturated carbocycles. The molecule has 7 aliphatic rings. The molecule has 0 N–H and O–H groups in total. The first-order valence-corrected chi connectivity index (χ1v) is 11.6. The van der Waals surface area contributed by atoms with Crippen LogP contribution in [0.15, 0.2) is 0 Å². The van der Waals surface area contributed by atoms with E-state index < -0.39 is 27.9 Å². The summed E-state index contributed by atoms with van der Waals surface area (Å²) >= 11 is 0. The van der Waals surface area contributed by atoms with Crippen LogP contribution < -0.4 is 0 Å². The molecular formula is C24H27NO5.